The Kier molecular flexibility index (Phi) is 8.46. The molecule has 2 rings (SSSR count). The number of guanidine groups is 1. The smallest absolute Gasteiger partial charge is 0.191 e. The number of aliphatic imine (C=N–C) groups is 1. The van der Waals surface area contributed by atoms with Crippen LogP contribution in [0.2, 0.25) is 0 Å². The molecule has 0 aromatic heterocycles. The number of benzene rings is 2. The van der Waals surface area contributed by atoms with Gasteiger partial charge in [0.1, 0.15) is 5.75 Å². The number of rotatable bonds is 9. The molecule has 0 spiro atoms. The third kappa shape index (κ3) is 6.08. The van der Waals surface area contributed by atoms with Crippen molar-refractivity contribution in [2.45, 2.75) is 33.9 Å². The van der Waals surface area contributed by atoms with Crippen molar-refractivity contribution in [2.75, 3.05) is 27.4 Å². The zero-order valence-electron chi connectivity index (χ0n) is 17.5. The Morgan fingerprint density at radius 1 is 0.929 bits per heavy atom. The van der Waals surface area contributed by atoms with Crippen molar-refractivity contribution >= 4 is 5.96 Å². The fraction of sp³-hybridized carbons (Fsp3) is 0.409. The molecule has 0 radical (unpaired) electrons. The van der Waals surface area contributed by atoms with Gasteiger partial charge in [-0.3, -0.25) is 0 Å². The van der Waals surface area contributed by atoms with Crippen LogP contribution in [0, 0.1) is 6.92 Å². The Morgan fingerprint density at radius 2 is 1.71 bits per heavy atom. The zero-order chi connectivity index (χ0) is 20.4. The van der Waals surface area contributed by atoms with Gasteiger partial charge in [0.2, 0.25) is 0 Å². The van der Waals surface area contributed by atoms with Crippen molar-refractivity contribution in [3.63, 3.8) is 0 Å². The van der Waals surface area contributed by atoms with E-state index < -0.39 is 0 Å². The minimum absolute atomic E-state index is 0.531. The van der Waals surface area contributed by atoms with Crippen LogP contribution in [-0.2, 0) is 13.1 Å². The summed E-state index contributed by atoms with van der Waals surface area (Å²) >= 11 is 0. The SMILES string of the molecule is CCNC(=NCc1ccc(OCC)c(OC)c1)NCc1ccc(C)cc1OC. The normalized spacial score (nSPS) is 11.1. The summed E-state index contributed by atoms with van der Waals surface area (Å²) in [6.45, 7) is 8.59. The fourth-order valence-electron chi connectivity index (χ4n) is 2.77. The zero-order valence-corrected chi connectivity index (χ0v) is 17.5. The first-order valence-electron chi connectivity index (χ1n) is 9.56. The van der Waals surface area contributed by atoms with Crippen LogP contribution in [0.4, 0.5) is 0 Å². The molecule has 152 valence electrons. The number of aryl methyl sites for hydroxylation is 1. The van der Waals surface area contributed by atoms with E-state index in [9.17, 15) is 0 Å². The molecule has 0 saturated carbocycles. The van der Waals surface area contributed by atoms with Crippen LogP contribution >= 0.6 is 0 Å². The van der Waals surface area contributed by atoms with Crippen LogP contribution in [-0.4, -0.2) is 33.3 Å². The van der Waals surface area contributed by atoms with Crippen LogP contribution in [0.1, 0.15) is 30.5 Å². The van der Waals surface area contributed by atoms with Gasteiger partial charge in [-0.05, 0) is 50.1 Å². The van der Waals surface area contributed by atoms with Gasteiger partial charge in [0.25, 0.3) is 0 Å². The van der Waals surface area contributed by atoms with E-state index in [0.717, 1.165) is 40.9 Å². The molecule has 0 atom stereocenters. The highest BCUT2D eigenvalue weighted by Gasteiger charge is 2.07. The maximum Gasteiger partial charge on any atom is 0.191 e. The van der Waals surface area contributed by atoms with E-state index in [1.807, 2.05) is 38.1 Å². The van der Waals surface area contributed by atoms with Crippen LogP contribution < -0.4 is 24.8 Å². The lowest BCUT2D eigenvalue weighted by Crippen LogP contribution is -2.36. The Hall–Kier alpha value is -2.89. The highest BCUT2D eigenvalue weighted by Crippen LogP contribution is 2.28. The molecule has 0 saturated heterocycles. The van der Waals surface area contributed by atoms with Crippen LogP contribution in [0.5, 0.6) is 17.2 Å². The Labute approximate surface area is 167 Å². The van der Waals surface area contributed by atoms with E-state index in [2.05, 4.69) is 34.7 Å². The third-order valence-electron chi connectivity index (χ3n) is 4.18. The third-order valence-corrected chi connectivity index (χ3v) is 4.18. The van der Waals surface area contributed by atoms with Gasteiger partial charge < -0.3 is 24.8 Å². The Bertz CT molecular complexity index is 791. The minimum Gasteiger partial charge on any atom is -0.496 e. The highest BCUT2D eigenvalue weighted by atomic mass is 16.5. The molecular weight excluding hydrogens is 354 g/mol. The van der Waals surface area contributed by atoms with Crippen molar-refractivity contribution in [3.05, 3.63) is 53.1 Å². The lowest BCUT2D eigenvalue weighted by Gasteiger charge is -2.14. The number of nitrogens with zero attached hydrogens (tertiary/aromatic N) is 1. The van der Waals surface area contributed by atoms with Gasteiger partial charge in [-0.1, -0.05) is 18.2 Å². The van der Waals surface area contributed by atoms with Crippen LogP contribution in [0.15, 0.2) is 41.4 Å². The summed E-state index contributed by atoms with van der Waals surface area (Å²) in [5.41, 5.74) is 3.30. The van der Waals surface area contributed by atoms with Gasteiger partial charge in [0.15, 0.2) is 17.5 Å². The molecule has 2 aromatic rings. The van der Waals surface area contributed by atoms with Crippen molar-refractivity contribution in [1.82, 2.24) is 10.6 Å². The molecule has 0 bridgehead atoms. The van der Waals surface area contributed by atoms with E-state index in [4.69, 9.17) is 14.2 Å². The summed E-state index contributed by atoms with van der Waals surface area (Å²) < 4.78 is 16.5. The predicted molar refractivity (Wildman–Crippen MR) is 114 cm³/mol. The highest BCUT2D eigenvalue weighted by molar-refractivity contribution is 5.79. The van der Waals surface area contributed by atoms with Gasteiger partial charge in [-0.15, -0.1) is 0 Å². The lowest BCUT2D eigenvalue weighted by molar-refractivity contribution is 0.310. The molecule has 0 aliphatic rings. The molecule has 2 aromatic carbocycles. The van der Waals surface area contributed by atoms with Gasteiger partial charge in [0, 0.05) is 18.7 Å². The summed E-state index contributed by atoms with van der Waals surface area (Å²) in [6.07, 6.45) is 0. The van der Waals surface area contributed by atoms with Crippen molar-refractivity contribution in [1.29, 1.82) is 0 Å². The van der Waals surface area contributed by atoms with E-state index in [-0.39, 0.29) is 0 Å². The number of ether oxygens (including phenoxy) is 3. The van der Waals surface area contributed by atoms with Gasteiger partial charge in [-0.25, -0.2) is 4.99 Å². The molecule has 0 amide bonds. The van der Waals surface area contributed by atoms with Crippen LogP contribution in [0.3, 0.4) is 0 Å². The first-order chi connectivity index (χ1) is 13.6. The predicted octanol–water partition coefficient (Wildman–Crippen LogP) is 3.67. The molecule has 28 heavy (non-hydrogen) atoms. The summed E-state index contributed by atoms with van der Waals surface area (Å²) in [4.78, 5) is 4.68. The van der Waals surface area contributed by atoms with Crippen molar-refractivity contribution in [3.8, 4) is 17.2 Å². The molecular formula is C22H31N3O3. The Morgan fingerprint density at radius 3 is 2.39 bits per heavy atom. The fourth-order valence-corrected chi connectivity index (χ4v) is 2.77. The second-order valence-electron chi connectivity index (χ2n) is 6.28. The first kappa shape index (κ1) is 21.4. The molecule has 6 nitrogen and oxygen atoms in total. The van der Waals surface area contributed by atoms with Gasteiger partial charge in [0.05, 0.1) is 27.4 Å². The summed E-state index contributed by atoms with van der Waals surface area (Å²) in [5, 5.41) is 6.64. The summed E-state index contributed by atoms with van der Waals surface area (Å²) in [5.74, 6) is 3.09. The number of nitrogens with one attached hydrogen (secondary N) is 2. The van der Waals surface area contributed by atoms with E-state index in [1.165, 1.54) is 5.56 Å². The number of hydrogen-bond acceptors (Lipinski definition) is 4. The molecule has 0 fully saturated rings. The van der Waals surface area contributed by atoms with Crippen molar-refractivity contribution in [2.24, 2.45) is 4.99 Å². The Balaban J connectivity index is 2.08. The van der Waals surface area contributed by atoms with Crippen molar-refractivity contribution < 1.29 is 14.2 Å². The summed E-state index contributed by atoms with van der Waals surface area (Å²) in [7, 11) is 3.34. The molecule has 0 heterocycles. The molecule has 6 heteroatoms. The average Bonchev–Trinajstić information content (AvgIpc) is 2.71. The largest absolute Gasteiger partial charge is 0.496 e. The minimum atomic E-state index is 0.531. The molecule has 0 aliphatic carbocycles. The lowest BCUT2D eigenvalue weighted by atomic mass is 10.1. The van der Waals surface area contributed by atoms with E-state index in [0.29, 0.717) is 19.7 Å². The second-order valence-corrected chi connectivity index (χ2v) is 6.28. The standard InChI is InChI=1S/C22H31N3O3/c1-6-23-22(25-15-18-10-8-16(3)12-20(18)26-4)24-14-17-9-11-19(28-7-2)21(13-17)27-5/h8-13H,6-7,14-15H2,1-5H3,(H2,23,24,25). The average molecular weight is 386 g/mol. The summed E-state index contributed by atoms with van der Waals surface area (Å²) in [6, 6.07) is 12.1. The van der Waals surface area contributed by atoms with Crippen LogP contribution in [0.25, 0.3) is 0 Å². The number of hydrogen-bond donors (Lipinski definition) is 2. The van der Waals surface area contributed by atoms with Gasteiger partial charge >= 0.3 is 0 Å². The second kappa shape index (κ2) is 11.1. The monoisotopic (exact) mass is 385 g/mol. The maximum atomic E-state index is 5.57. The molecule has 0 aliphatic heterocycles. The molecule has 2 N–H and O–H groups in total. The quantitative estimate of drug-likeness (QED) is 0.509. The maximum absolute atomic E-state index is 5.57. The number of methoxy groups -OCH3 is 2. The van der Waals surface area contributed by atoms with Gasteiger partial charge in [-0.2, -0.15) is 0 Å². The molecule has 0 unspecified atom stereocenters. The topological polar surface area (TPSA) is 64.1 Å². The first-order valence-corrected chi connectivity index (χ1v) is 9.56. The van der Waals surface area contributed by atoms with E-state index >= 15 is 0 Å². The van der Waals surface area contributed by atoms with E-state index in [1.54, 1.807) is 14.2 Å².